The normalized spacial score (nSPS) is 16.5. The fourth-order valence-corrected chi connectivity index (χ4v) is 3.53. The van der Waals surface area contributed by atoms with Gasteiger partial charge in [0.25, 0.3) is 0 Å². The molecule has 0 spiro atoms. The molecular formula is C21H23N7O. The minimum atomic E-state index is -0.0651. The third kappa shape index (κ3) is 4.31. The fourth-order valence-electron chi connectivity index (χ4n) is 3.53. The van der Waals surface area contributed by atoms with Gasteiger partial charge in [-0.25, -0.2) is 15.0 Å². The van der Waals surface area contributed by atoms with Gasteiger partial charge >= 0.3 is 0 Å². The van der Waals surface area contributed by atoms with E-state index in [2.05, 4.69) is 25.4 Å². The first-order chi connectivity index (χ1) is 14.1. The number of hydrogen-bond donors (Lipinski definition) is 1. The number of hydrogen-bond acceptors (Lipinski definition) is 6. The van der Waals surface area contributed by atoms with Crippen LogP contribution in [0.3, 0.4) is 0 Å². The Balaban J connectivity index is 1.54. The van der Waals surface area contributed by atoms with Crippen LogP contribution >= 0.6 is 0 Å². The smallest absolute Gasteiger partial charge is 0.247 e. The second-order valence-corrected chi connectivity index (χ2v) is 6.97. The average Bonchev–Trinajstić information content (AvgIpc) is 3.35. The Morgan fingerprint density at radius 2 is 2.10 bits per heavy atom. The van der Waals surface area contributed by atoms with Crippen molar-refractivity contribution in [3.63, 3.8) is 0 Å². The first-order valence-electron chi connectivity index (χ1n) is 9.60. The molecule has 0 radical (unpaired) electrons. The number of pyridine rings is 1. The van der Waals surface area contributed by atoms with Gasteiger partial charge in [0.05, 0.1) is 17.4 Å². The monoisotopic (exact) mass is 389 g/mol. The van der Waals surface area contributed by atoms with E-state index >= 15 is 0 Å². The number of nitrogens with one attached hydrogen (secondary N) is 1. The third-order valence-corrected chi connectivity index (χ3v) is 4.91. The SMILES string of the molecule is Cc1nc(Nc2ccccn2)cc(C2CCCN2C(=O)/C=C/c2ccnn2C)n1. The van der Waals surface area contributed by atoms with Crippen molar-refractivity contribution in [2.24, 2.45) is 7.05 Å². The molecule has 8 heteroatoms. The molecule has 4 heterocycles. The standard InChI is InChI=1S/C21H23N7O/c1-15-24-17(14-20(25-15)26-19-7-3-4-11-22-19)18-6-5-13-28(18)21(29)9-8-16-10-12-23-27(16)2/h3-4,7-12,14,18H,5-6,13H2,1-2H3,(H,22,24,25,26)/b9-8+. The van der Waals surface area contributed by atoms with Gasteiger partial charge in [-0.15, -0.1) is 0 Å². The summed E-state index contributed by atoms with van der Waals surface area (Å²) in [6.07, 6.45) is 8.67. The van der Waals surface area contributed by atoms with E-state index in [0.717, 1.165) is 30.0 Å². The highest BCUT2D eigenvalue weighted by molar-refractivity contribution is 5.92. The van der Waals surface area contributed by atoms with Crippen molar-refractivity contribution in [3.8, 4) is 0 Å². The molecule has 1 amide bonds. The Bertz CT molecular complexity index is 1030. The largest absolute Gasteiger partial charge is 0.331 e. The van der Waals surface area contributed by atoms with Crippen molar-refractivity contribution in [1.29, 1.82) is 0 Å². The van der Waals surface area contributed by atoms with Gasteiger partial charge < -0.3 is 10.2 Å². The van der Waals surface area contributed by atoms with Gasteiger partial charge in [0.2, 0.25) is 5.91 Å². The van der Waals surface area contributed by atoms with E-state index in [1.807, 2.05) is 49.2 Å². The molecule has 29 heavy (non-hydrogen) atoms. The van der Waals surface area contributed by atoms with E-state index in [4.69, 9.17) is 0 Å². The molecule has 0 saturated carbocycles. The Kier molecular flexibility index (Phi) is 5.33. The molecule has 1 unspecified atom stereocenters. The number of anilines is 2. The summed E-state index contributed by atoms with van der Waals surface area (Å²) in [5, 5.41) is 7.33. The zero-order chi connectivity index (χ0) is 20.2. The van der Waals surface area contributed by atoms with Crippen LogP contribution < -0.4 is 5.32 Å². The summed E-state index contributed by atoms with van der Waals surface area (Å²) in [5.74, 6) is 2.03. The number of likely N-dealkylation sites (tertiary alicyclic amines) is 1. The molecule has 0 aromatic carbocycles. The van der Waals surface area contributed by atoms with E-state index in [9.17, 15) is 4.79 Å². The molecule has 0 aliphatic carbocycles. The zero-order valence-corrected chi connectivity index (χ0v) is 16.5. The summed E-state index contributed by atoms with van der Waals surface area (Å²) >= 11 is 0. The predicted molar refractivity (Wildman–Crippen MR) is 110 cm³/mol. The summed E-state index contributed by atoms with van der Waals surface area (Å²) in [4.78, 5) is 28.1. The molecule has 4 rings (SSSR count). The zero-order valence-electron chi connectivity index (χ0n) is 16.5. The maximum atomic E-state index is 12.8. The van der Waals surface area contributed by atoms with Crippen LogP contribution in [0.15, 0.2) is 48.8 Å². The number of amides is 1. The first-order valence-corrected chi connectivity index (χ1v) is 9.60. The maximum absolute atomic E-state index is 12.8. The summed E-state index contributed by atoms with van der Waals surface area (Å²) < 4.78 is 1.73. The second kappa shape index (κ2) is 8.22. The number of carbonyl (C=O) groups is 1. The van der Waals surface area contributed by atoms with Crippen LogP contribution in [0.2, 0.25) is 0 Å². The maximum Gasteiger partial charge on any atom is 0.247 e. The van der Waals surface area contributed by atoms with Crippen LogP contribution in [-0.2, 0) is 11.8 Å². The van der Waals surface area contributed by atoms with Crippen LogP contribution in [0.5, 0.6) is 0 Å². The molecule has 148 valence electrons. The Hall–Kier alpha value is -3.55. The molecule has 1 fully saturated rings. The van der Waals surface area contributed by atoms with Crippen molar-refractivity contribution < 1.29 is 4.79 Å². The molecule has 3 aromatic rings. The summed E-state index contributed by atoms with van der Waals surface area (Å²) in [5.41, 5.74) is 1.73. The topological polar surface area (TPSA) is 88.8 Å². The molecule has 3 aromatic heterocycles. The summed E-state index contributed by atoms with van der Waals surface area (Å²) in [6, 6.07) is 9.37. The number of rotatable bonds is 5. The van der Waals surface area contributed by atoms with E-state index in [1.165, 1.54) is 0 Å². The molecule has 0 bridgehead atoms. The third-order valence-electron chi connectivity index (χ3n) is 4.91. The van der Waals surface area contributed by atoms with Crippen LogP contribution in [-0.4, -0.2) is 42.1 Å². The van der Waals surface area contributed by atoms with Gasteiger partial charge in [-0.05, 0) is 44.0 Å². The summed E-state index contributed by atoms with van der Waals surface area (Å²) in [6.45, 7) is 2.57. The lowest BCUT2D eigenvalue weighted by Gasteiger charge is -2.23. The molecule has 1 aliphatic rings. The summed E-state index contributed by atoms with van der Waals surface area (Å²) in [7, 11) is 1.85. The first kappa shape index (κ1) is 18.8. The highest BCUT2D eigenvalue weighted by atomic mass is 16.2. The van der Waals surface area contributed by atoms with Crippen LogP contribution in [0.1, 0.15) is 36.1 Å². The quantitative estimate of drug-likeness (QED) is 0.675. The second-order valence-electron chi connectivity index (χ2n) is 6.97. The van der Waals surface area contributed by atoms with Gasteiger partial charge in [0.1, 0.15) is 17.5 Å². The van der Waals surface area contributed by atoms with Gasteiger partial charge in [-0.3, -0.25) is 9.48 Å². The highest BCUT2D eigenvalue weighted by Crippen LogP contribution is 2.32. The van der Waals surface area contributed by atoms with Gasteiger partial charge in [-0.1, -0.05) is 6.07 Å². The number of nitrogens with zero attached hydrogens (tertiary/aromatic N) is 6. The average molecular weight is 389 g/mol. The Morgan fingerprint density at radius 1 is 1.21 bits per heavy atom. The number of aryl methyl sites for hydroxylation is 2. The van der Waals surface area contributed by atoms with Gasteiger partial charge in [-0.2, -0.15) is 5.10 Å². The van der Waals surface area contributed by atoms with Crippen molar-refractivity contribution >= 4 is 23.6 Å². The van der Waals surface area contributed by atoms with Crippen LogP contribution in [0, 0.1) is 6.92 Å². The minimum absolute atomic E-state index is 0.0239. The molecule has 8 nitrogen and oxygen atoms in total. The van der Waals surface area contributed by atoms with Crippen molar-refractivity contribution in [2.45, 2.75) is 25.8 Å². The highest BCUT2D eigenvalue weighted by Gasteiger charge is 2.30. The van der Waals surface area contributed by atoms with Gasteiger partial charge in [0.15, 0.2) is 0 Å². The molecule has 1 atom stereocenters. The Morgan fingerprint density at radius 3 is 2.86 bits per heavy atom. The Labute approximate surface area is 169 Å². The molecule has 1 N–H and O–H groups in total. The molecular weight excluding hydrogens is 366 g/mol. The van der Waals surface area contributed by atoms with Crippen LogP contribution in [0.4, 0.5) is 11.6 Å². The van der Waals surface area contributed by atoms with E-state index < -0.39 is 0 Å². The predicted octanol–water partition coefficient (Wildman–Crippen LogP) is 3.03. The lowest BCUT2D eigenvalue weighted by Crippen LogP contribution is -2.29. The van der Waals surface area contributed by atoms with Crippen LogP contribution in [0.25, 0.3) is 6.08 Å². The van der Waals surface area contributed by atoms with Gasteiger partial charge in [0, 0.05) is 38.1 Å². The van der Waals surface area contributed by atoms with E-state index in [-0.39, 0.29) is 11.9 Å². The lowest BCUT2D eigenvalue weighted by atomic mass is 10.1. The fraction of sp³-hybridized carbons (Fsp3) is 0.286. The molecule has 1 saturated heterocycles. The van der Waals surface area contributed by atoms with Crippen molar-refractivity contribution in [2.75, 3.05) is 11.9 Å². The van der Waals surface area contributed by atoms with E-state index in [0.29, 0.717) is 18.2 Å². The minimum Gasteiger partial charge on any atom is -0.331 e. The van der Waals surface area contributed by atoms with E-state index in [1.54, 1.807) is 29.2 Å². The van der Waals surface area contributed by atoms with Crippen molar-refractivity contribution in [1.82, 2.24) is 29.6 Å². The number of carbonyl (C=O) groups excluding carboxylic acids is 1. The lowest BCUT2D eigenvalue weighted by molar-refractivity contribution is -0.126. The number of aromatic nitrogens is 5. The van der Waals surface area contributed by atoms with Crippen molar-refractivity contribution in [3.05, 3.63) is 66.0 Å². The molecule has 1 aliphatic heterocycles.